The fourth-order valence-corrected chi connectivity index (χ4v) is 5.17. The first-order chi connectivity index (χ1) is 16.3. The van der Waals surface area contributed by atoms with Crippen LogP contribution in [-0.2, 0) is 6.18 Å². The number of anilines is 2. The van der Waals surface area contributed by atoms with Gasteiger partial charge in [-0.25, -0.2) is 4.98 Å². The molecule has 0 aliphatic heterocycles. The number of hydrogen-bond acceptors (Lipinski definition) is 7. The van der Waals surface area contributed by atoms with Crippen molar-refractivity contribution >= 4 is 50.2 Å². The van der Waals surface area contributed by atoms with Crippen LogP contribution in [0.5, 0.6) is 0 Å². The Kier molecular flexibility index (Phi) is 5.50. The van der Waals surface area contributed by atoms with Crippen LogP contribution in [0.4, 0.5) is 24.5 Å². The Balaban J connectivity index is 1.57. The maximum absolute atomic E-state index is 13.0. The monoisotopic (exact) mass is 497 g/mol. The van der Waals surface area contributed by atoms with Crippen molar-refractivity contribution in [2.24, 2.45) is 0 Å². The second-order valence-electron chi connectivity index (χ2n) is 7.18. The summed E-state index contributed by atoms with van der Waals surface area (Å²) in [7, 11) is 0. The number of aromatic nitrogens is 3. The number of thiophene rings is 2. The van der Waals surface area contributed by atoms with Gasteiger partial charge in [0.15, 0.2) is 0 Å². The Bertz CT molecular complexity index is 1480. The van der Waals surface area contributed by atoms with Gasteiger partial charge in [-0.3, -0.25) is 14.8 Å². The number of carbonyl (C=O) groups is 1. The van der Waals surface area contributed by atoms with Crippen LogP contribution in [0.1, 0.15) is 15.2 Å². The van der Waals surface area contributed by atoms with Gasteiger partial charge in [-0.15, -0.1) is 22.7 Å². The van der Waals surface area contributed by atoms with Crippen molar-refractivity contribution in [2.45, 2.75) is 6.18 Å². The normalized spacial score (nSPS) is 11.6. The van der Waals surface area contributed by atoms with E-state index in [1.165, 1.54) is 23.5 Å². The van der Waals surface area contributed by atoms with E-state index in [9.17, 15) is 18.0 Å². The van der Waals surface area contributed by atoms with Crippen LogP contribution in [0.3, 0.4) is 0 Å². The van der Waals surface area contributed by atoms with Crippen LogP contribution in [0, 0.1) is 0 Å². The summed E-state index contributed by atoms with van der Waals surface area (Å²) >= 11 is 2.63. The smallest absolute Gasteiger partial charge is 0.397 e. The summed E-state index contributed by atoms with van der Waals surface area (Å²) < 4.78 is 38.4. The first-order valence-corrected chi connectivity index (χ1v) is 11.5. The Labute approximate surface area is 199 Å². The van der Waals surface area contributed by atoms with Crippen molar-refractivity contribution in [3.05, 3.63) is 76.9 Å². The summed E-state index contributed by atoms with van der Waals surface area (Å²) in [6, 6.07) is 9.94. The van der Waals surface area contributed by atoms with E-state index in [0.29, 0.717) is 21.6 Å². The number of pyridine rings is 1. The van der Waals surface area contributed by atoms with E-state index >= 15 is 0 Å². The first-order valence-electron chi connectivity index (χ1n) is 9.83. The summed E-state index contributed by atoms with van der Waals surface area (Å²) in [5.41, 5.74) is 8.05. The SMILES string of the molecule is Nc1c(C(=O)Nc2ccc(C(F)(F)F)cc2)sc2nc(-c3cnccn3)cc(-c3cccs3)c12. The predicted molar refractivity (Wildman–Crippen MR) is 128 cm³/mol. The Morgan fingerprint density at radius 2 is 1.85 bits per heavy atom. The van der Waals surface area contributed by atoms with E-state index < -0.39 is 17.6 Å². The third-order valence-corrected chi connectivity index (χ3v) is 6.99. The van der Waals surface area contributed by atoms with Crippen LogP contribution in [0.25, 0.3) is 32.0 Å². The molecule has 1 aromatic carbocycles. The molecule has 0 bridgehead atoms. The Morgan fingerprint density at radius 1 is 1.06 bits per heavy atom. The van der Waals surface area contributed by atoms with Gasteiger partial charge < -0.3 is 11.1 Å². The molecule has 5 aromatic rings. The molecule has 0 spiro atoms. The number of benzene rings is 1. The summed E-state index contributed by atoms with van der Waals surface area (Å²) in [5, 5.41) is 5.19. The van der Waals surface area contributed by atoms with E-state index in [1.807, 2.05) is 23.6 Å². The van der Waals surface area contributed by atoms with Crippen LogP contribution < -0.4 is 11.1 Å². The number of nitrogen functional groups attached to an aromatic ring is 1. The molecule has 0 aliphatic carbocycles. The van der Waals surface area contributed by atoms with Gasteiger partial charge in [0.2, 0.25) is 0 Å². The highest BCUT2D eigenvalue weighted by Crippen LogP contribution is 2.42. The molecular formula is C23H14F3N5OS2. The number of fused-ring (bicyclic) bond motifs is 1. The first kappa shape index (κ1) is 22.0. The summed E-state index contributed by atoms with van der Waals surface area (Å²) in [6.45, 7) is 0. The van der Waals surface area contributed by atoms with Crippen molar-refractivity contribution in [1.29, 1.82) is 0 Å². The maximum atomic E-state index is 13.0. The lowest BCUT2D eigenvalue weighted by Gasteiger charge is -2.08. The standard InChI is InChI=1S/C23H14F3N5OS2/c24-23(25,26)12-3-5-13(6-4-12)30-21(32)20-19(27)18-14(17-2-1-9-33-17)10-15(31-22(18)34-20)16-11-28-7-8-29-16/h1-11H,27H2,(H,30,32). The number of nitrogens with two attached hydrogens (primary N) is 1. The molecular weight excluding hydrogens is 483 g/mol. The number of halogens is 3. The lowest BCUT2D eigenvalue weighted by Crippen LogP contribution is -2.12. The largest absolute Gasteiger partial charge is 0.416 e. The van der Waals surface area contributed by atoms with E-state index in [4.69, 9.17) is 5.73 Å². The molecule has 170 valence electrons. The van der Waals surface area contributed by atoms with Crippen LogP contribution in [0.2, 0.25) is 0 Å². The van der Waals surface area contributed by atoms with Gasteiger partial charge in [-0.2, -0.15) is 13.2 Å². The average Bonchev–Trinajstić information content (AvgIpc) is 3.47. The lowest BCUT2D eigenvalue weighted by atomic mass is 10.1. The van der Waals surface area contributed by atoms with Crippen molar-refractivity contribution in [2.75, 3.05) is 11.1 Å². The van der Waals surface area contributed by atoms with E-state index in [0.717, 1.165) is 33.9 Å². The summed E-state index contributed by atoms with van der Waals surface area (Å²) in [6.07, 6.45) is 0.275. The molecule has 5 rings (SSSR count). The van der Waals surface area contributed by atoms with Crippen molar-refractivity contribution < 1.29 is 18.0 Å². The minimum atomic E-state index is -4.46. The molecule has 0 aliphatic rings. The zero-order valence-corrected chi connectivity index (χ0v) is 18.8. The predicted octanol–water partition coefficient (Wildman–Crippen LogP) is 6.34. The zero-order valence-electron chi connectivity index (χ0n) is 17.1. The van der Waals surface area contributed by atoms with Crippen LogP contribution in [0.15, 0.2) is 66.4 Å². The highest BCUT2D eigenvalue weighted by atomic mass is 32.1. The van der Waals surface area contributed by atoms with Crippen LogP contribution in [-0.4, -0.2) is 20.9 Å². The fraction of sp³-hybridized carbons (Fsp3) is 0.0435. The zero-order chi connectivity index (χ0) is 23.9. The second kappa shape index (κ2) is 8.50. The van der Waals surface area contributed by atoms with Crippen molar-refractivity contribution in [1.82, 2.24) is 15.0 Å². The van der Waals surface area contributed by atoms with Gasteiger partial charge in [0.1, 0.15) is 15.4 Å². The molecule has 4 heterocycles. The number of amides is 1. The molecule has 0 saturated carbocycles. The highest BCUT2D eigenvalue weighted by Gasteiger charge is 2.30. The Morgan fingerprint density at radius 3 is 2.50 bits per heavy atom. The highest BCUT2D eigenvalue weighted by molar-refractivity contribution is 7.21. The van der Waals surface area contributed by atoms with Gasteiger partial charge in [0.05, 0.1) is 23.1 Å². The van der Waals surface area contributed by atoms with Gasteiger partial charge >= 0.3 is 6.18 Å². The minimum absolute atomic E-state index is 0.219. The van der Waals surface area contributed by atoms with Crippen molar-refractivity contribution in [3.8, 4) is 21.8 Å². The molecule has 11 heteroatoms. The fourth-order valence-electron chi connectivity index (χ4n) is 3.41. The molecule has 4 aromatic heterocycles. The third kappa shape index (κ3) is 4.11. The lowest BCUT2D eigenvalue weighted by molar-refractivity contribution is -0.137. The molecule has 0 unspecified atom stereocenters. The van der Waals surface area contributed by atoms with Gasteiger partial charge in [0, 0.05) is 33.9 Å². The number of rotatable bonds is 4. The summed E-state index contributed by atoms with van der Waals surface area (Å²) in [5.74, 6) is -0.529. The topological polar surface area (TPSA) is 93.8 Å². The van der Waals surface area contributed by atoms with E-state index in [-0.39, 0.29) is 16.3 Å². The maximum Gasteiger partial charge on any atom is 0.416 e. The summed E-state index contributed by atoms with van der Waals surface area (Å²) in [4.78, 5) is 27.8. The Hall–Kier alpha value is -3.83. The van der Waals surface area contributed by atoms with Gasteiger partial charge in [-0.1, -0.05) is 6.07 Å². The van der Waals surface area contributed by atoms with E-state index in [2.05, 4.69) is 20.3 Å². The molecule has 0 fully saturated rings. The molecule has 34 heavy (non-hydrogen) atoms. The molecule has 3 N–H and O–H groups in total. The molecule has 6 nitrogen and oxygen atoms in total. The average molecular weight is 498 g/mol. The number of hydrogen-bond donors (Lipinski definition) is 2. The van der Waals surface area contributed by atoms with Crippen LogP contribution >= 0.6 is 22.7 Å². The molecule has 1 amide bonds. The van der Waals surface area contributed by atoms with Gasteiger partial charge in [-0.05, 0) is 41.8 Å². The molecule has 0 atom stereocenters. The third-order valence-electron chi connectivity index (χ3n) is 4.99. The molecule has 0 saturated heterocycles. The quantitative estimate of drug-likeness (QED) is 0.302. The number of carbonyl (C=O) groups excluding carboxylic acids is 1. The molecule has 0 radical (unpaired) electrons. The number of nitrogens with one attached hydrogen (secondary N) is 1. The minimum Gasteiger partial charge on any atom is -0.397 e. The van der Waals surface area contributed by atoms with Crippen molar-refractivity contribution in [3.63, 3.8) is 0 Å². The van der Waals surface area contributed by atoms with E-state index in [1.54, 1.807) is 18.6 Å². The number of nitrogens with zero attached hydrogens (tertiary/aromatic N) is 3. The number of alkyl halides is 3. The second-order valence-corrected chi connectivity index (χ2v) is 9.12. The van der Waals surface area contributed by atoms with Gasteiger partial charge in [0.25, 0.3) is 5.91 Å².